The Bertz CT molecular complexity index is 1460. The number of aliphatic carboxylic acids is 1. The Morgan fingerprint density at radius 1 is 0.875 bits per heavy atom. The molecule has 15 heteroatoms. The molecule has 0 bridgehead atoms. The zero-order chi connectivity index (χ0) is 35.0. The van der Waals surface area contributed by atoms with E-state index in [1.165, 1.54) is 29.2 Å². The van der Waals surface area contributed by atoms with Gasteiger partial charge in [-0.15, -0.1) is 0 Å². The molecular weight excluding hydrogens is 624 g/mol. The molecule has 2 aromatic rings. The van der Waals surface area contributed by atoms with Gasteiger partial charge in [0.05, 0.1) is 6.10 Å². The molecular formula is C33H44N6O9. The molecule has 0 spiro atoms. The molecule has 11 N–H and O–H groups in total. The topological polar surface area (TPSA) is 261 Å². The zero-order valence-electron chi connectivity index (χ0n) is 26.4. The van der Waals surface area contributed by atoms with Gasteiger partial charge in [-0.2, -0.15) is 0 Å². The van der Waals surface area contributed by atoms with Gasteiger partial charge in [-0.25, -0.2) is 4.79 Å². The lowest BCUT2D eigenvalue weighted by Gasteiger charge is -2.37. The first-order valence-corrected chi connectivity index (χ1v) is 16.0. The summed E-state index contributed by atoms with van der Waals surface area (Å²) < 4.78 is 0. The molecule has 0 radical (unpaired) electrons. The Morgan fingerprint density at radius 3 is 2.06 bits per heavy atom. The highest BCUT2D eigenvalue weighted by molar-refractivity contribution is 5.95. The number of nitrogens with one attached hydrogen (secondary N) is 2. The SMILES string of the molecule is NC(N)=NCCC[C@H](NC(=O)C1C[C@@H]2CC[C@@H](O)C[C@@H]2N1C(=O)[C@@H](Cc1ccc(O)cc1)NC(=O)[C@H](O)Cc1ccc(O)cc1)C(=O)O. The van der Waals surface area contributed by atoms with Crippen LogP contribution in [0.1, 0.15) is 49.7 Å². The van der Waals surface area contributed by atoms with E-state index in [0.717, 1.165) is 0 Å². The number of phenols is 2. The van der Waals surface area contributed by atoms with E-state index in [0.29, 0.717) is 24.0 Å². The van der Waals surface area contributed by atoms with Crippen molar-refractivity contribution in [2.45, 2.75) is 87.7 Å². The van der Waals surface area contributed by atoms with Gasteiger partial charge in [0.1, 0.15) is 35.7 Å². The van der Waals surface area contributed by atoms with Crippen LogP contribution in [0.4, 0.5) is 0 Å². The third-order valence-corrected chi connectivity index (χ3v) is 8.92. The van der Waals surface area contributed by atoms with Crippen LogP contribution in [0, 0.1) is 5.92 Å². The number of hydrogen-bond acceptors (Lipinski definition) is 9. The number of aliphatic imine (C=N–C) groups is 1. The maximum Gasteiger partial charge on any atom is 0.326 e. The Balaban J connectivity index is 1.59. The minimum Gasteiger partial charge on any atom is -0.508 e. The molecule has 2 fully saturated rings. The lowest BCUT2D eigenvalue weighted by molar-refractivity contribution is -0.147. The van der Waals surface area contributed by atoms with E-state index >= 15 is 0 Å². The summed E-state index contributed by atoms with van der Waals surface area (Å²) in [6.07, 6.45) is -0.664. The summed E-state index contributed by atoms with van der Waals surface area (Å²) in [4.78, 5) is 58.8. The van der Waals surface area contributed by atoms with Gasteiger partial charge < -0.3 is 52.5 Å². The second kappa shape index (κ2) is 16.3. The van der Waals surface area contributed by atoms with E-state index in [4.69, 9.17) is 11.5 Å². The number of guanidine groups is 1. The summed E-state index contributed by atoms with van der Waals surface area (Å²) in [7, 11) is 0. The number of aliphatic hydroxyl groups excluding tert-OH is 2. The fraction of sp³-hybridized carbons (Fsp3) is 0.485. The lowest BCUT2D eigenvalue weighted by atomic mass is 9.83. The number of nitrogens with zero attached hydrogens (tertiary/aromatic N) is 2. The zero-order valence-corrected chi connectivity index (χ0v) is 26.4. The Morgan fingerprint density at radius 2 is 1.48 bits per heavy atom. The molecule has 1 heterocycles. The molecule has 1 unspecified atom stereocenters. The number of carbonyl (C=O) groups excluding carboxylic acids is 3. The van der Waals surface area contributed by atoms with Crippen molar-refractivity contribution in [3.05, 3.63) is 59.7 Å². The number of aromatic hydroxyl groups is 2. The fourth-order valence-electron chi connectivity index (χ4n) is 6.48. The Kier molecular flexibility index (Phi) is 12.2. The second-order valence-corrected chi connectivity index (χ2v) is 12.5. The van der Waals surface area contributed by atoms with Crippen molar-refractivity contribution in [3.8, 4) is 11.5 Å². The van der Waals surface area contributed by atoms with Crippen molar-refractivity contribution in [2.75, 3.05) is 6.54 Å². The fourth-order valence-corrected chi connectivity index (χ4v) is 6.48. The normalized spacial score (nSPS) is 22.1. The number of carboxylic acid groups (broad SMARTS) is 1. The van der Waals surface area contributed by atoms with Gasteiger partial charge in [-0.3, -0.25) is 19.4 Å². The molecule has 260 valence electrons. The van der Waals surface area contributed by atoms with Gasteiger partial charge in [-0.05, 0) is 79.8 Å². The number of amides is 3. The molecule has 1 saturated carbocycles. The van der Waals surface area contributed by atoms with Gasteiger partial charge in [0, 0.05) is 25.4 Å². The van der Waals surface area contributed by atoms with Gasteiger partial charge in [0.25, 0.3) is 0 Å². The lowest BCUT2D eigenvalue weighted by Crippen LogP contribution is -2.59. The molecule has 2 aliphatic rings. The maximum atomic E-state index is 14.5. The summed E-state index contributed by atoms with van der Waals surface area (Å²) in [6.45, 7) is 0.162. The van der Waals surface area contributed by atoms with Gasteiger partial charge in [-0.1, -0.05) is 24.3 Å². The quantitative estimate of drug-likeness (QED) is 0.0703. The van der Waals surface area contributed by atoms with Crippen LogP contribution in [0.5, 0.6) is 11.5 Å². The number of phenolic OH excluding ortho intramolecular Hbond substituents is 2. The van der Waals surface area contributed by atoms with E-state index in [9.17, 15) is 44.7 Å². The van der Waals surface area contributed by atoms with Crippen LogP contribution < -0.4 is 22.1 Å². The summed E-state index contributed by atoms with van der Waals surface area (Å²) in [5, 5.41) is 55.7. The molecule has 2 aromatic carbocycles. The van der Waals surface area contributed by atoms with E-state index in [1.54, 1.807) is 24.3 Å². The molecule has 48 heavy (non-hydrogen) atoms. The van der Waals surface area contributed by atoms with Gasteiger partial charge in [0.2, 0.25) is 17.7 Å². The monoisotopic (exact) mass is 668 g/mol. The van der Waals surface area contributed by atoms with E-state index in [2.05, 4.69) is 15.6 Å². The highest BCUT2D eigenvalue weighted by atomic mass is 16.4. The van der Waals surface area contributed by atoms with E-state index in [-0.39, 0.29) is 68.4 Å². The molecule has 3 amide bonds. The minimum atomic E-state index is -1.55. The second-order valence-electron chi connectivity index (χ2n) is 12.5. The Hall–Kier alpha value is -4.89. The number of fused-ring (bicyclic) bond motifs is 1. The number of aliphatic hydroxyl groups is 2. The maximum absolute atomic E-state index is 14.5. The smallest absolute Gasteiger partial charge is 0.326 e. The van der Waals surface area contributed by atoms with Crippen LogP contribution in [-0.4, -0.2) is 103 Å². The predicted molar refractivity (Wildman–Crippen MR) is 173 cm³/mol. The van der Waals surface area contributed by atoms with Crippen LogP contribution in [0.25, 0.3) is 0 Å². The molecule has 1 aliphatic carbocycles. The van der Waals surface area contributed by atoms with Crippen LogP contribution in [0.2, 0.25) is 0 Å². The third-order valence-electron chi connectivity index (χ3n) is 8.92. The number of hydrogen-bond donors (Lipinski definition) is 9. The van der Waals surface area contributed by atoms with Crippen LogP contribution >= 0.6 is 0 Å². The number of carboxylic acids is 1. The molecule has 15 nitrogen and oxygen atoms in total. The number of nitrogens with two attached hydrogens (primary N) is 2. The number of carbonyl (C=O) groups is 4. The largest absolute Gasteiger partial charge is 0.508 e. The van der Waals surface area contributed by atoms with Crippen molar-refractivity contribution in [2.24, 2.45) is 22.4 Å². The number of likely N-dealkylation sites (tertiary alicyclic amines) is 1. The highest BCUT2D eigenvalue weighted by Crippen LogP contribution is 2.40. The van der Waals surface area contributed by atoms with Crippen LogP contribution in [0.15, 0.2) is 53.5 Å². The first-order chi connectivity index (χ1) is 22.8. The molecule has 7 atom stereocenters. The predicted octanol–water partition coefficient (Wildman–Crippen LogP) is -0.518. The third kappa shape index (κ3) is 9.58. The number of benzene rings is 2. The summed E-state index contributed by atoms with van der Waals surface area (Å²) >= 11 is 0. The van der Waals surface area contributed by atoms with Gasteiger partial charge in [0.15, 0.2) is 5.96 Å². The molecule has 1 aliphatic heterocycles. The summed E-state index contributed by atoms with van der Waals surface area (Å²) in [5.74, 6) is -3.69. The standard InChI is InChI=1S/C33H44N6O9/c34-33(35)36-13-1-2-24(32(47)48)37-29(44)27-16-20-7-12-23(42)17-26(20)39(27)31(46)25(14-18-3-8-21(40)9-4-18)38-30(45)28(43)15-19-5-10-22(41)11-6-19/h3-6,8-11,20,23-28,40-43H,1-2,7,12-17H2,(H,37,44)(H,38,45)(H,47,48)(H4,34,35,36)/t20-,23+,24-,25+,26-,27?,28+/m0/s1. The number of rotatable bonds is 14. The van der Waals surface area contributed by atoms with Crippen molar-refractivity contribution in [1.82, 2.24) is 15.5 Å². The first kappa shape index (κ1) is 36.0. The molecule has 1 saturated heterocycles. The van der Waals surface area contributed by atoms with E-state index < -0.39 is 60.1 Å². The average molecular weight is 669 g/mol. The average Bonchev–Trinajstić information content (AvgIpc) is 3.42. The van der Waals surface area contributed by atoms with E-state index in [1.807, 2.05) is 0 Å². The van der Waals surface area contributed by atoms with Crippen LogP contribution in [-0.2, 0) is 32.0 Å². The van der Waals surface area contributed by atoms with Crippen molar-refractivity contribution in [1.29, 1.82) is 0 Å². The highest BCUT2D eigenvalue weighted by Gasteiger charge is 2.50. The van der Waals surface area contributed by atoms with Crippen LogP contribution in [0.3, 0.4) is 0 Å². The summed E-state index contributed by atoms with van der Waals surface area (Å²) in [5.41, 5.74) is 11.8. The van der Waals surface area contributed by atoms with Crippen molar-refractivity contribution in [3.63, 3.8) is 0 Å². The molecule has 4 rings (SSSR count). The van der Waals surface area contributed by atoms with Crippen molar-refractivity contribution < 1.29 is 44.7 Å². The minimum absolute atomic E-state index is 0.00317. The summed E-state index contributed by atoms with van der Waals surface area (Å²) in [6, 6.07) is 7.78. The Labute approximate surface area is 277 Å². The first-order valence-electron chi connectivity index (χ1n) is 16.0. The van der Waals surface area contributed by atoms with Crippen molar-refractivity contribution >= 4 is 29.7 Å². The molecule has 0 aromatic heterocycles. The van der Waals surface area contributed by atoms with Gasteiger partial charge >= 0.3 is 5.97 Å².